The lowest BCUT2D eigenvalue weighted by Gasteiger charge is -2.28. The molecule has 1 fully saturated rings. The van der Waals surface area contributed by atoms with Crippen LogP contribution in [0.25, 0.3) is 0 Å². The van der Waals surface area contributed by atoms with Gasteiger partial charge in [-0.2, -0.15) is 0 Å². The number of nitrogens with two attached hydrogens (primary N) is 1. The number of likely N-dealkylation sites (tertiary alicyclic amines) is 1. The van der Waals surface area contributed by atoms with Gasteiger partial charge in [-0.25, -0.2) is 0 Å². The highest BCUT2D eigenvalue weighted by atomic mass is 79.9. The molecular formula is C14H20BrClN2. The summed E-state index contributed by atoms with van der Waals surface area (Å²) >= 11 is 9.83. The Morgan fingerprint density at radius 3 is 2.56 bits per heavy atom. The number of nitrogens with zero attached hydrogens (tertiary/aromatic N) is 1. The maximum absolute atomic E-state index is 6.32. The summed E-state index contributed by atoms with van der Waals surface area (Å²) in [6, 6.07) is 6.22. The molecule has 100 valence electrons. The third-order valence-corrected chi connectivity index (χ3v) is 4.83. The van der Waals surface area contributed by atoms with E-state index in [0.717, 1.165) is 40.0 Å². The summed E-state index contributed by atoms with van der Waals surface area (Å²) in [5.41, 5.74) is 7.11. The van der Waals surface area contributed by atoms with Crippen molar-refractivity contribution in [1.29, 1.82) is 0 Å². The molecule has 1 aromatic rings. The molecule has 0 aliphatic carbocycles. The molecule has 1 aliphatic heterocycles. The van der Waals surface area contributed by atoms with Crippen LogP contribution in [0.3, 0.4) is 0 Å². The van der Waals surface area contributed by atoms with Crippen LogP contribution in [-0.2, 0) is 0 Å². The molecule has 1 aliphatic rings. The van der Waals surface area contributed by atoms with Gasteiger partial charge < -0.3 is 5.73 Å². The second-order valence-corrected chi connectivity index (χ2v) is 6.65. The minimum atomic E-state index is 0.224. The molecule has 0 aromatic heterocycles. The van der Waals surface area contributed by atoms with Crippen molar-refractivity contribution in [2.75, 3.05) is 19.6 Å². The lowest BCUT2D eigenvalue weighted by molar-refractivity contribution is 0.240. The fourth-order valence-electron chi connectivity index (χ4n) is 2.67. The van der Waals surface area contributed by atoms with E-state index in [1.165, 1.54) is 0 Å². The van der Waals surface area contributed by atoms with E-state index in [9.17, 15) is 0 Å². The Kier molecular flexibility index (Phi) is 4.70. The van der Waals surface area contributed by atoms with Gasteiger partial charge in [-0.1, -0.05) is 41.4 Å². The van der Waals surface area contributed by atoms with E-state index < -0.39 is 0 Å². The van der Waals surface area contributed by atoms with E-state index >= 15 is 0 Å². The highest BCUT2D eigenvalue weighted by molar-refractivity contribution is 9.10. The molecule has 2 nitrogen and oxygen atoms in total. The first-order valence-corrected chi connectivity index (χ1v) is 7.59. The Labute approximate surface area is 123 Å². The highest BCUT2D eigenvalue weighted by Crippen LogP contribution is 2.34. The number of hydrogen-bond donors (Lipinski definition) is 1. The molecule has 3 unspecified atom stereocenters. The van der Waals surface area contributed by atoms with Crippen LogP contribution in [-0.4, -0.2) is 24.5 Å². The molecule has 2 N–H and O–H groups in total. The van der Waals surface area contributed by atoms with Crippen LogP contribution in [0.4, 0.5) is 0 Å². The van der Waals surface area contributed by atoms with Crippen LogP contribution in [0.2, 0.25) is 5.02 Å². The molecule has 3 atom stereocenters. The van der Waals surface area contributed by atoms with Crippen LogP contribution in [0.5, 0.6) is 0 Å². The van der Waals surface area contributed by atoms with Gasteiger partial charge in [0.05, 0.1) is 0 Å². The molecule has 0 amide bonds. The summed E-state index contributed by atoms with van der Waals surface area (Å²) in [4.78, 5) is 2.46. The van der Waals surface area contributed by atoms with Crippen molar-refractivity contribution in [3.05, 3.63) is 33.3 Å². The van der Waals surface area contributed by atoms with Crippen molar-refractivity contribution in [2.24, 2.45) is 17.6 Å². The number of hydrogen-bond acceptors (Lipinski definition) is 2. The van der Waals surface area contributed by atoms with Crippen molar-refractivity contribution in [1.82, 2.24) is 4.90 Å². The highest BCUT2D eigenvalue weighted by Gasteiger charge is 2.31. The van der Waals surface area contributed by atoms with E-state index in [0.29, 0.717) is 6.54 Å². The summed E-state index contributed by atoms with van der Waals surface area (Å²) in [7, 11) is 0. The van der Waals surface area contributed by atoms with E-state index in [-0.39, 0.29) is 6.04 Å². The fourth-order valence-corrected chi connectivity index (χ4v) is 3.29. The summed E-state index contributed by atoms with van der Waals surface area (Å²) in [6.45, 7) is 7.43. The lowest BCUT2D eigenvalue weighted by Crippen LogP contribution is -2.32. The van der Waals surface area contributed by atoms with Gasteiger partial charge in [0, 0.05) is 35.2 Å². The minimum absolute atomic E-state index is 0.224. The topological polar surface area (TPSA) is 29.3 Å². The molecule has 1 aromatic carbocycles. The zero-order valence-electron chi connectivity index (χ0n) is 10.9. The van der Waals surface area contributed by atoms with Gasteiger partial charge in [0.1, 0.15) is 0 Å². The van der Waals surface area contributed by atoms with Crippen LogP contribution < -0.4 is 5.73 Å². The average Bonchev–Trinajstić information content (AvgIpc) is 2.65. The number of halogens is 2. The second-order valence-electron chi connectivity index (χ2n) is 5.33. The normalized spacial score (nSPS) is 26.5. The maximum atomic E-state index is 6.32. The fraction of sp³-hybridized carbons (Fsp3) is 0.571. The zero-order valence-corrected chi connectivity index (χ0v) is 13.2. The van der Waals surface area contributed by atoms with Crippen LogP contribution in [0, 0.1) is 11.8 Å². The molecular weight excluding hydrogens is 312 g/mol. The Hall–Kier alpha value is -0.0900. The third kappa shape index (κ3) is 2.90. The van der Waals surface area contributed by atoms with Crippen molar-refractivity contribution in [2.45, 2.75) is 19.9 Å². The first kappa shape index (κ1) is 14.3. The van der Waals surface area contributed by atoms with Crippen molar-refractivity contribution >= 4 is 27.5 Å². The largest absolute Gasteiger partial charge is 0.329 e. The molecule has 1 saturated heterocycles. The van der Waals surface area contributed by atoms with Crippen LogP contribution in [0.15, 0.2) is 22.7 Å². The van der Waals surface area contributed by atoms with Gasteiger partial charge in [0.25, 0.3) is 0 Å². The number of benzene rings is 1. The predicted octanol–water partition coefficient (Wildman–Crippen LogP) is 3.69. The Bertz CT molecular complexity index is 414. The Morgan fingerprint density at radius 1 is 1.39 bits per heavy atom. The van der Waals surface area contributed by atoms with Gasteiger partial charge in [-0.05, 0) is 35.6 Å². The van der Waals surface area contributed by atoms with Crippen molar-refractivity contribution in [3.8, 4) is 0 Å². The molecule has 4 heteroatoms. The first-order valence-electron chi connectivity index (χ1n) is 6.42. The standard InChI is InChI=1S/C14H20BrClN2/c1-9-7-18(8-10(9)2)14(6-17)12-5-11(15)3-4-13(12)16/h3-5,9-10,14H,6-8,17H2,1-2H3. The summed E-state index contributed by atoms with van der Waals surface area (Å²) in [6.07, 6.45) is 0. The SMILES string of the molecule is CC1CN(C(CN)c2cc(Br)ccc2Cl)CC1C. The summed E-state index contributed by atoms with van der Waals surface area (Å²) in [5.74, 6) is 1.45. The van der Waals surface area contributed by atoms with Gasteiger partial charge in [0.2, 0.25) is 0 Å². The van der Waals surface area contributed by atoms with Gasteiger partial charge in [0.15, 0.2) is 0 Å². The van der Waals surface area contributed by atoms with Gasteiger partial charge >= 0.3 is 0 Å². The molecule has 18 heavy (non-hydrogen) atoms. The van der Waals surface area contributed by atoms with E-state index in [4.69, 9.17) is 17.3 Å². The van der Waals surface area contributed by atoms with Gasteiger partial charge in [-0.3, -0.25) is 4.90 Å². The van der Waals surface area contributed by atoms with E-state index in [1.54, 1.807) is 0 Å². The monoisotopic (exact) mass is 330 g/mol. The van der Waals surface area contributed by atoms with E-state index in [1.807, 2.05) is 12.1 Å². The van der Waals surface area contributed by atoms with E-state index in [2.05, 4.69) is 40.7 Å². The lowest BCUT2D eigenvalue weighted by atomic mass is 10.0. The molecule has 1 heterocycles. The van der Waals surface area contributed by atoms with Crippen LogP contribution >= 0.6 is 27.5 Å². The van der Waals surface area contributed by atoms with Crippen molar-refractivity contribution in [3.63, 3.8) is 0 Å². The average molecular weight is 332 g/mol. The molecule has 0 radical (unpaired) electrons. The molecule has 2 rings (SSSR count). The summed E-state index contributed by atoms with van der Waals surface area (Å²) in [5, 5.41) is 0.806. The Balaban J connectivity index is 2.26. The van der Waals surface area contributed by atoms with Crippen LogP contribution in [0.1, 0.15) is 25.5 Å². The molecule has 0 saturated carbocycles. The second kappa shape index (κ2) is 5.91. The molecule has 0 bridgehead atoms. The van der Waals surface area contributed by atoms with Crippen molar-refractivity contribution < 1.29 is 0 Å². The smallest absolute Gasteiger partial charge is 0.0485 e. The van der Waals surface area contributed by atoms with Gasteiger partial charge in [-0.15, -0.1) is 0 Å². The predicted molar refractivity (Wildman–Crippen MR) is 80.8 cm³/mol. The quantitative estimate of drug-likeness (QED) is 0.915. The third-order valence-electron chi connectivity index (χ3n) is 4.00. The first-order chi connectivity index (χ1) is 8.52. The maximum Gasteiger partial charge on any atom is 0.0485 e. The Morgan fingerprint density at radius 2 is 2.00 bits per heavy atom. The number of rotatable bonds is 3. The molecule has 0 spiro atoms. The summed E-state index contributed by atoms with van der Waals surface area (Å²) < 4.78 is 1.06. The minimum Gasteiger partial charge on any atom is -0.329 e. The zero-order chi connectivity index (χ0) is 13.3.